The van der Waals surface area contributed by atoms with Gasteiger partial charge in [-0.3, -0.25) is 9.59 Å². The first-order chi connectivity index (χ1) is 13.0. The second-order valence-corrected chi connectivity index (χ2v) is 11.2. The number of amides is 2. The molecule has 0 unspecified atom stereocenters. The van der Waals surface area contributed by atoms with Crippen molar-refractivity contribution in [1.29, 1.82) is 0 Å². The van der Waals surface area contributed by atoms with E-state index in [4.69, 9.17) is 5.10 Å². The molecule has 1 heterocycles. The normalized spacial score (nSPS) is 12.8. The molecule has 1 aromatic heterocycles. The summed E-state index contributed by atoms with van der Waals surface area (Å²) in [5, 5.41) is 7.74. The van der Waals surface area contributed by atoms with Crippen LogP contribution in [0.15, 0.2) is 6.07 Å². The van der Waals surface area contributed by atoms with Crippen molar-refractivity contribution in [3.05, 3.63) is 11.8 Å². The van der Waals surface area contributed by atoms with Crippen LogP contribution in [0.5, 0.6) is 0 Å². The lowest BCUT2D eigenvalue weighted by Crippen LogP contribution is -2.40. The smallest absolute Gasteiger partial charge is 0.245 e. The van der Waals surface area contributed by atoms with E-state index in [1.54, 1.807) is 4.90 Å². The Morgan fingerprint density at radius 2 is 1.66 bits per heavy atom. The molecule has 0 aliphatic carbocycles. The number of anilines is 1. The van der Waals surface area contributed by atoms with Crippen LogP contribution in [0.1, 0.15) is 94.2 Å². The zero-order chi connectivity index (χ0) is 22.6. The van der Waals surface area contributed by atoms with Gasteiger partial charge in [0.1, 0.15) is 5.82 Å². The van der Waals surface area contributed by atoms with Crippen LogP contribution >= 0.6 is 0 Å². The Morgan fingerprint density at radius 1 is 1.07 bits per heavy atom. The van der Waals surface area contributed by atoms with Crippen molar-refractivity contribution in [3.63, 3.8) is 0 Å². The maximum Gasteiger partial charge on any atom is 0.245 e. The Hall–Kier alpha value is -1.85. The molecule has 29 heavy (non-hydrogen) atoms. The molecular formula is C23H42N4O2. The van der Waals surface area contributed by atoms with Crippen LogP contribution in [0, 0.1) is 5.41 Å². The number of hydrogen-bond acceptors (Lipinski definition) is 3. The molecule has 6 nitrogen and oxygen atoms in total. The van der Waals surface area contributed by atoms with Gasteiger partial charge >= 0.3 is 0 Å². The van der Waals surface area contributed by atoms with Crippen LogP contribution < -0.4 is 5.32 Å². The summed E-state index contributed by atoms with van der Waals surface area (Å²) in [7, 11) is 0. The largest absolute Gasteiger partial charge is 0.333 e. The average molecular weight is 407 g/mol. The minimum absolute atomic E-state index is 0.0285. The Morgan fingerprint density at radius 3 is 2.10 bits per heavy atom. The maximum atomic E-state index is 12.8. The third-order valence-electron chi connectivity index (χ3n) is 4.53. The molecule has 1 N–H and O–H groups in total. The van der Waals surface area contributed by atoms with Crippen molar-refractivity contribution in [2.75, 3.05) is 18.4 Å². The van der Waals surface area contributed by atoms with E-state index in [0.29, 0.717) is 18.8 Å². The molecule has 2 amide bonds. The fraction of sp³-hybridized carbons (Fsp3) is 0.783. The van der Waals surface area contributed by atoms with Gasteiger partial charge < -0.3 is 10.2 Å². The van der Waals surface area contributed by atoms with E-state index >= 15 is 0 Å². The summed E-state index contributed by atoms with van der Waals surface area (Å²) in [6, 6.07) is 1.94. The molecule has 0 spiro atoms. The first-order valence-corrected chi connectivity index (χ1v) is 10.7. The highest BCUT2D eigenvalue weighted by Crippen LogP contribution is 2.28. The van der Waals surface area contributed by atoms with Crippen LogP contribution in [0.2, 0.25) is 0 Å². The molecule has 166 valence electrons. The Labute approximate surface area is 177 Å². The zero-order valence-electron chi connectivity index (χ0n) is 20.3. The minimum Gasteiger partial charge on any atom is -0.333 e. The van der Waals surface area contributed by atoms with Crippen LogP contribution in [0.25, 0.3) is 0 Å². The van der Waals surface area contributed by atoms with Gasteiger partial charge in [0.05, 0.1) is 17.8 Å². The summed E-state index contributed by atoms with van der Waals surface area (Å²) in [5.74, 6) is 0.515. The topological polar surface area (TPSA) is 67.2 Å². The standard InChI is InChI=1S/C23H42N4O2/c1-11-12-13-26(20(29)15-21(2,3)4)16-19(28)24-18-14-17(22(5,6)7)25-27(18)23(8,9)10/h14H,11-13,15-16H2,1-10H3,(H,24,28). The number of nitrogens with one attached hydrogen (secondary N) is 1. The molecule has 0 atom stereocenters. The van der Waals surface area contributed by atoms with Crippen LogP contribution in [-0.4, -0.2) is 39.6 Å². The SMILES string of the molecule is CCCCN(CC(=O)Nc1cc(C(C)(C)C)nn1C(C)(C)C)C(=O)CC(C)(C)C. The van der Waals surface area contributed by atoms with Gasteiger partial charge in [-0.2, -0.15) is 5.10 Å². The second kappa shape index (κ2) is 9.31. The molecule has 0 fully saturated rings. The molecule has 0 aliphatic heterocycles. The number of unbranched alkanes of at least 4 members (excludes halogenated alkanes) is 1. The Kier molecular flexibility index (Phi) is 8.09. The van der Waals surface area contributed by atoms with Crippen molar-refractivity contribution >= 4 is 17.6 Å². The van der Waals surface area contributed by atoms with Gasteiger partial charge in [-0.15, -0.1) is 0 Å². The summed E-state index contributed by atoms with van der Waals surface area (Å²) in [4.78, 5) is 27.3. The summed E-state index contributed by atoms with van der Waals surface area (Å²) < 4.78 is 1.86. The summed E-state index contributed by atoms with van der Waals surface area (Å²) in [6.45, 7) is 21.4. The van der Waals surface area contributed by atoms with E-state index in [9.17, 15) is 9.59 Å². The molecule has 1 aromatic rings. The highest BCUT2D eigenvalue weighted by Gasteiger charge is 2.27. The third kappa shape index (κ3) is 8.19. The maximum absolute atomic E-state index is 12.8. The quantitative estimate of drug-likeness (QED) is 0.697. The first-order valence-electron chi connectivity index (χ1n) is 10.7. The van der Waals surface area contributed by atoms with E-state index < -0.39 is 0 Å². The van der Waals surface area contributed by atoms with E-state index in [1.165, 1.54) is 0 Å². The number of hydrogen-bond donors (Lipinski definition) is 1. The van der Waals surface area contributed by atoms with Gasteiger partial charge in [0, 0.05) is 24.4 Å². The number of nitrogens with zero attached hydrogens (tertiary/aromatic N) is 3. The van der Waals surface area contributed by atoms with Crippen molar-refractivity contribution in [2.45, 2.75) is 99.5 Å². The van der Waals surface area contributed by atoms with E-state index in [-0.39, 0.29) is 34.7 Å². The lowest BCUT2D eigenvalue weighted by atomic mass is 9.91. The van der Waals surface area contributed by atoms with Gasteiger partial charge in [0.25, 0.3) is 0 Å². The zero-order valence-corrected chi connectivity index (χ0v) is 20.3. The fourth-order valence-electron chi connectivity index (χ4n) is 2.91. The number of aromatic nitrogens is 2. The van der Waals surface area contributed by atoms with Crippen molar-refractivity contribution < 1.29 is 9.59 Å². The van der Waals surface area contributed by atoms with Gasteiger partial charge in [-0.25, -0.2) is 4.68 Å². The van der Waals surface area contributed by atoms with Gasteiger partial charge in [-0.1, -0.05) is 54.9 Å². The monoisotopic (exact) mass is 406 g/mol. The number of rotatable bonds is 7. The molecule has 0 aliphatic rings. The molecular weight excluding hydrogens is 364 g/mol. The highest BCUT2D eigenvalue weighted by molar-refractivity contribution is 5.94. The molecule has 0 saturated carbocycles. The molecule has 6 heteroatoms. The van der Waals surface area contributed by atoms with E-state index in [2.05, 4.69) is 53.8 Å². The lowest BCUT2D eigenvalue weighted by Gasteiger charge is -2.27. The highest BCUT2D eigenvalue weighted by atomic mass is 16.2. The van der Waals surface area contributed by atoms with Gasteiger partial charge in [0.2, 0.25) is 11.8 Å². The van der Waals surface area contributed by atoms with Crippen LogP contribution in [0.3, 0.4) is 0 Å². The first kappa shape index (κ1) is 25.2. The molecule has 1 rings (SSSR count). The Balaban J connectivity index is 3.03. The van der Waals surface area contributed by atoms with E-state index in [1.807, 2.05) is 31.5 Å². The molecule has 0 aromatic carbocycles. The minimum atomic E-state index is -0.268. The molecule has 0 radical (unpaired) electrons. The summed E-state index contributed by atoms with van der Waals surface area (Å²) in [6.07, 6.45) is 2.29. The number of carbonyl (C=O) groups excluding carboxylic acids is 2. The van der Waals surface area contributed by atoms with Gasteiger partial charge in [0.15, 0.2) is 0 Å². The van der Waals surface area contributed by atoms with E-state index in [0.717, 1.165) is 18.5 Å². The van der Waals surface area contributed by atoms with Crippen LogP contribution in [0.4, 0.5) is 5.82 Å². The Bertz CT molecular complexity index is 700. The molecule has 0 bridgehead atoms. The predicted octanol–water partition coefficient (Wildman–Crippen LogP) is 4.94. The van der Waals surface area contributed by atoms with Crippen molar-refractivity contribution in [3.8, 4) is 0 Å². The van der Waals surface area contributed by atoms with Crippen molar-refractivity contribution in [1.82, 2.24) is 14.7 Å². The predicted molar refractivity (Wildman–Crippen MR) is 120 cm³/mol. The second-order valence-electron chi connectivity index (χ2n) is 11.2. The summed E-state index contributed by atoms with van der Waals surface area (Å²) >= 11 is 0. The third-order valence-corrected chi connectivity index (χ3v) is 4.53. The van der Waals surface area contributed by atoms with Gasteiger partial charge in [-0.05, 0) is 32.6 Å². The number of carbonyl (C=O) groups is 2. The molecule has 0 saturated heterocycles. The van der Waals surface area contributed by atoms with Crippen LogP contribution in [-0.2, 0) is 20.5 Å². The lowest BCUT2D eigenvalue weighted by molar-refractivity contribution is -0.136. The summed E-state index contributed by atoms with van der Waals surface area (Å²) in [5.41, 5.74) is 0.432. The fourth-order valence-corrected chi connectivity index (χ4v) is 2.91. The van der Waals surface area contributed by atoms with Crippen molar-refractivity contribution in [2.24, 2.45) is 5.41 Å². The average Bonchev–Trinajstić information content (AvgIpc) is 2.93.